The molecule has 22 heavy (non-hydrogen) atoms. The lowest BCUT2D eigenvalue weighted by Gasteiger charge is -2.26. The van der Waals surface area contributed by atoms with Crippen molar-refractivity contribution in [2.75, 3.05) is 5.75 Å². The highest BCUT2D eigenvalue weighted by atomic mass is 32.2. The number of rotatable bonds is 3. The Morgan fingerprint density at radius 3 is 2.59 bits per heavy atom. The Morgan fingerprint density at radius 2 is 1.86 bits per heavy atom. The topological polar surface area (TPSA) is 29.1 Å². The summed E-state index contributed by atoms with van der Waals surface area (Å²) in [6, 6.07) is 16.4. The molecule has 0 saturated heterocycles. The van der Waals surface area contributed by atoms with Gasteiger partial charge in [-0.2, -0.15) is 0 Å². The Bertz CT molecular complexity index is 663. The zero-order chi connectivity index (χ0) is 15.5. The van der Waals surface area contributed by atoms with Crippen LogP contribution in [0.4, 0.5) is 0 Å². The summed E-state index contributed by atoms with van der Waals surface area (Å²) in [5.41, 5.74) is 3.24. The highest BCUT2D eigenvalue weighted by molar-refractivity contribution is 7.99. The molecule has 3 rings (SSSR count). The third-order valence-corrected chi connectivity index (χ3v) is 5.23. The highest BCUT2D eigenvalue weighted by Crippen LogP contribution is 2.35. The molecule has 0 fully saturated rings. The molecule has 1 N–H and O–H groups in total. The van der Waals surface area contributed by atoms with Gasteiger partial charge in [-0.1, -0.05) is 44.2 Å². The number of hydrogen-bond acceptors (Lipinski definition) is 2. The quantitative estimate of drug-likeness (QED) is 0.884. The van der Waals surface area contributed by atoms with E-state index in [0.717, 1.165) is 17.7 Å². The fraction of sp³-hybridized carbons (Fsp3) is 0.316. The lowest BCUT2D eigenvalue weighted by molar-refractivity contribution is 0.0935. The standard InChI is InChI=1S/C19H21NOS/c1-13(2)14-7-9-15(10-8-14)19(21)20-17-11-12-22-18-6-4-3-5-16(17)18/h3-10,13,17H,11-12H2,1-2H3,(H,20,21). The largest absolute Gasteiger partial charge is 0.345 e. The van der Waals surface area contributed by atoms with Crippen molar-refractivity contribution in [1.29, 1.82) is 0 Å². The van der Waals surface area contributed by atoms with Crippen LogP contribution in [0.25, 0.3) is 0 Å². The van der Waals surface area contributed by atoms with Gasteiger partial charge in [-0.05, 0) is 41.7 Å². The van der Waals surface area contributed by atoms with E-state index in [0.29, 0.717) is 5.92 Å². The van der Waals surface area contributed by atoms with Crippen molar-refractivity contribution < 1.29 is 4.79 Å². The summed E-state index contributed by atoms with van der Waals surface area (Å²) in [5, 5.41) is 3.19. The number of nitrogens with one attached hydrogen (secondary N) is 1. The maximum Gasteiger partial charge on any atom is 0.251 e. The van der Waals surface area contributed by atoms with Gasteiger partial charge in [0.1, 0.15) is 0 Å². The first-order chi connectivity index (χ1) is 10.6. The number of thioether (sulfide) groups is 1. The van der Waals surface area contributed by atoms with Crippen LogP contribution in [0, 0.1) is 0 Å². The molecule has 0 radical (unpaired) electrons. The molecular formula is C19H21NOS. The fourth-order valence-corrected chi connectivity index (χ4v) is 3.88. The third-order valence-electron chi connectivity index (χ3n) is 4.10. The Hall–Kier alpha value is -1.74. The minimum absolute atomic E-state index is 0.0157. The molecule has 0 aliphatic carbocycles. The molecule has 1 aliphatic rings. The van der Waals surface area contributed by atoms with Gasteiger partial charge in [-0.3, -0.25) is 4.79 Å². The van der Waals surface area contributed by atoms with E-state index in [4.69, 9.17) is 0 Å². The molecule has 2 aromatic carbocycles. The maximum absolute atomic E-state index is 12.5. The number of benzene rings is 2. The first-order valence-corrected chi connectivity index (χ1v) is 8.76. The van der Waals surface area contributed by atoms with Gasteiger partial charge in [-0.25, -0.2) is 0 Å². The number of carbonyl (C=O) groups excluding carboxylic acids is 1. The van der Waals surface area contributed by atoms with Crippen LogP contribution in [0.3, 0.4) is 0 Å². The molecule has 1 unspecified atom stereocenters. The van der Waals surface area contributed by atoms with E-state index in [1.807, 2.05) is 42.1 Å². The van der Waals surface area contributed by atoms with E-state index in [-0.39, 0.29) is 11.9 Å². The molecular weight excluding hydrogens is 290 g/mol. The number of carbonyl (C=O) groups is 1. The van der Waals surface area contributed by atoms with Crippen LogP contribution in [0.5, 0.6) is 0 Å². The van der Waals surface area contributed by atoms with Crippen LogP contribution in [0.15, 0.2) is 53.4 Å². The van der Waals surface area contributed by atoms with Gasteiger partial charge in [0.15, 0.2) is 0 Å². The summed E-state index contributed by atoms with van der Waals surface area (Å²) in [7, 11) is 0. The average molecular weight is 311 g/mol. The van der Waals surface area contributed by atoms with Crippen LogP contribution in [0.2, 0.25) is 0 Å². The molecule has 0 spiro atoms. The third kappa shape index (κ3) is 3.20. The molecule has 1 aliphatic heterocycles. The zero-order valence-electron chi connectivity index (χ0n) is 13.0. The number of fused-ring (bicyclic) bond motifs is 1. The van der Waals surface area contributed by atoms with Crippen LogP contribution >= 0.6 is 11.8 Å². The van der Waals surface area contributed by atoms with Crippen LogP contribution < -0.4 is 5.32 Å². The molecule has 1 heterocycles. The predicted octanol–water partition coefficient (Wildman–Crippen LogP) is 4.78. The van der Waals surface area contributed by atoms with Crippen LogP contribution in [-0.4, -0.2) is 11.7 Å². The first-order valence-electron chi connectivity index (χ1n) is 7.77. The molecule has 114 valence electrons. The SMILES string of the molecule is CC(C)c1ccc(C(=O)NC2CCSc3ccccc32)cc1. The minimum Gasteiger partial charge on any atom is -0.345 e. The van der Waals surface area contributed by atoms with E-state index in [1.165, 1.54) is 16.0 Å². The van der Waals surface area contributed by atoms with Gasteiger partial charge in [0.05, 0.1) is 6.04 Å². The summed E-state index contributed by atoms with van der Waals surface area (Å²) < 4.78 is 0. The first kappa shape index (κ1) is 15.2. The average Bonchev–Trinajstić information content (AvgIpc) is 2.55. The number of amides is 1. The van der Waals surface area contributed by atoms with E-state index < -0.39 is 0 Å². The van der Waals surface area contributed by atoms with Crippen molar-refractivity contribution in [3.05, 3.63) is 65.2 Å². The molecule has 2 aromatic rings. The smallest absolute Gasteiger partial charge is 0.251 e. The van der Waals surface area contributed by atoms with E-state index in [2.05, 4.69) is 37.4 Å². The second-order valence-electron chi connectivity index (χ2n) is 5.98. The summed E-state index contributed by atoms with van der Waals surface area (Å²) >= 11 is 1.87. The zero-order valence-corrected chi connectivity index (χ0v) is 13.8. The van der Waals surface area contributed by atoms with Gasteiger partial charge in [0, 0.05) is 16.2 Å². The van der Waals surface area contributed by atoms with Gasteiger partial charge >= 0.3 is 0 Å². The molecule has 0 bridgehead atoms. The lowest BCUT2D eigenvalue weighted by atomic mass is 10.0. The van der Waals surface area contributed by atoms with E-state index >= 15 is 0 Å². The monoisotopic (exact) mass is 311 g/mol. The molecule has 3 heteroatoms. The summed E-state index contributed by atoms with van der Waals surface area (Å²) in [6.07, 6.45) is 0.984. The van der Waals surface area contributed by atoms with Gasteiger partial charge in [0.25, 0.3) is 5.91 Å². The summed E-state index contributed by atoms with van der Waals surface area (Å²) in [6.45, 7) is 4.32. The predicted molar refractivity (Wildman–Crippen MR) is 92.5 cm³/mol. The van der Waals surface area contributed by atoms with Crippen molar-refractivity contribution in [3.8, 4) is 0 Å². The van der Waals surface area contributed by atoms with Crippen molar-refractivity contribution in [1.82, 2.24) is 5.32 Å². The minimum atomic E-state index is 0.0157. The Morgan fingerprint density at radius 1 is 1.14 bits per heavy atom. The second-order valence-corrected chi connectivity index (χ2v) is 7.11. The van der Waals surface area contributed by atoms with E-state index in [1.54, 1.807) is 0 Å². The normalized spacial score (nSPS) is 17.1. The van der Waals surface area contributed by atoms with Crippen LogP contribution in [-0.2, 0) is 0 Å². The van der Waals surface area contributed by atoms with Crippen molar-refractivity contribution in [2.24, 2.45) is 0 Å². The second kappa shape index (κ2) is 6.57. The Kier molecular flexibility index (Phi) is 4.53. The van der Waals surface area contributed by atoms with Crippen molar-refractivity contribution in [3.63, 3.8) is 0 Å². The number of hydrogen-bond donors (Lipinski definition) is 1. The van der Waals surface area contributed by atoms with Gasteiger partial charge < -0.3 is 5.32 Å². The maximum atomic E-state index is 12.5. The summed E-state index contributed by atoms with van der Waals surface area (Å²) in [5.74, 6) is 1.55. The van der Waals surface area contributed by atoms with E-state index in [9.17, 15) is 4.79 Å². The van der Waals surface area contributed by atoms with Crippen LogP contribution in [0.1, 0.15) is 53.7 Å². The molecule has 0 saturated carbocycles. The van der Waals surface area contributed by atoms with Crippen molar-refractivity contribution >= 4 is 17.7 Å². The Balaban J connectivity index is 1.75. The lowest BCUT2D eigenvalue weighted by Crippen LogP contribution is -2.30. The Labute approximate surface area is 136 Å². The van der Waals surface area contributed by atoms with Gasteiger partial charge in [0.2, 0.25) is 0 Å². The fourth-order valence-electron chi connectivity index (χ4n) is 2.75. The molecule has 1 atom stereocenters. The highest BCUT2D eigenvalue weighted by Gasteiger charge is 2.22. The van der Waals surface area contributed by atoms with Crippen molar-refractivity contribution in [2.45, 2.75) is 37.1 Å². The molecule has 2 nitrogen and oxygen atoms in total. The van der Waals surface area contributed by atoms with Gasteiger partial charge in [-0.15, -0.1) is 11.8 Å². The molecule has 0 aromatic heterocycles. The molecule has 1 amide bonds. The summed E-state index contributed by atoms with van der Waals surface area (Å²) in [4.78, 5) is 13.8.